The number of halogens is 8. The van der Waals surface area contributed by atoms with E-state index < -0.39 is 48.1 Å². The Kier molecular flexibility index (Phi) is 8.06. The first kappa shape index (κ1) is 26.3. The second kappa shape index (κ2) is 10.1. The first-order valence-corrected chi connectivity index (χ1v) is 11.4. The van der Waals surface area contributed by atoms with Crippen LogP contribution in [0.4, 0.5) is 35.1 Å². The summed E-state index contributed by atoms with van der Waals surface area (Å²) in [6.07, 6.45) is -8.36. The fourth-order valence-corrected chi connectivity index (χ4v) is 5.58. The van der Waals surface area contributed by atoms with Crippen LogP contribution in [0.3, 0.4) is 0 Å². The highest BCUT2D eigenvalue weighted by Crippen LogP contribution is 2.48. The van der Waals surface area contributed by atoms with Crippen molar-refractivity contribution >= 4 is 0 Å². The average molecular weight is 490 g/mol. The Bertz CT molecular complexity index is 718. The Morgan fingerprint density at radius 1 is 0.970 bits per heavy atom. The zero-order valence-electron chi connectivity index (χ0n) is 18.5. The van der Waals surface area contributed by atoms with Gasteiger partial charge in [-0.25, -0.2) is 13.2 Å². The summed E-state index contributed by atoms with van der Waals surface area (Å²) in [4.78, 5) is 0. The van der Waals surface area contributed by atoms with Gasteiger partial charge in [0.2, 0.25) is 0 Å². The van der Waals surface area contributed by atoms with Gasteiger partial charge in [-0.2, -0.15) is 22.0 Å². The molecule has 2 nitrogen and oxygen atoms in total. The number of hydrogen-bond donors (Lipinski definition) is 0. The van der Waals surface area contributed by atoms with Gasteiger partial charge in [-0.05, 0) is 87.2 Å². The maximum atomic E-state index is 15.5. The van der Waals surface area contributed by atoms with Gasteiger partial charge in [-0.15, -0.1) is 0 Å². The number of allylic oxidation sites excluding steroid dienone is 3. The molecule has 0 saturated heterocycles. The third kappa shape index (κ3) is 6.22. The highest BCUT2D eigenvalue weighted by molar-refractivity contribution is 5.28. The van der Waals surface area contributed by atoms with Gasteiger partial charge in [0.15, 0.2) is 5.76 Å². The molecule has 0 aromatic rings. The summed E-state index contributed by atoms with van der Waals surface area (Å²) in [7, 11) is 1.69. The van der Waals surface area contributed by atoms with Gasteiger partial charge in [0.1, 0.15) is 11.5 Å². The van der Waals surface area contributed by atoms with Crippen molar-refractivity contribution in [3.8, 4) is 0 Å². The summed E-state index contributed by atoms with van der Waals surface area (Å²) in [6, 6.07) is 0. The lowest BCUT2D eigenvalue weighted by Crippen LogP contribution is -2.44. The number of rotatable bonds is 7. The molecule has 2 saturated carbocycles. The van der Waals surface area contributed by atoms with E-state index in [9.17, 15) is 30.7 Å². The maximum absolute atomic E-state index is 15.5. The third-order valence-corrected chi connectivity index (χ3v) is 7.44. The van der Waals surface area contributed by atoms with Crippen molar-refractivity contribution in [2.45, 2.75) is 81.9 Å². The first-order chi connectivity index (χ1) is 15.4. The molecular weight excluding hydrogens is 460 g/mol. The Labute approximate surface area is 188 Å². The van der Waals surface area contributed by atoms with Crippen LogP contribution in [-0.2, 0) is 9.47 Å². The summed E-state index contributed by atoms with van der Waals surface area (Å²) in [6.45, 7) is 0.759. The maximum Gasteiger partial charge on any atom is 0.439 e. The molecule has 0 N–H and O–H groups in total. The highest BCUT2D eigenvalue weighted by Gasteiger charge is 2.60. The van der Waals surface area contributed by atoms with Crippen molar-refractivity contribution in [1.82, 2.24) is 0 Å². The normalized spacial score (nSPS) is 34.9. The van der Waals surface area contributed by atoms with Crippen molar-refractivity contribution in [2.75, 3.05) is 13.7 Å². The van der Waals surface area contributed by atoms with Crippen LogP contribution >= 0.6 is 0 Å². The fraction of sp³-hybridized carbons (Fsp3) is 0.826. The molecule has 0 bridgehead atoms. The molecule has 3 aliphatic rings. The number of hydrogen-bond acceptors (Lipinski definition) is 2. The number of methoxy groups -OCH3 is 1. The van der Waals surface area contributed by atoms with E-state index in [1.54, 1.807) is 7.11 Å². The van der Waals surface area contributed by atoms with Crippen LogP contribution in [0.25, 0.3) is 0 Å². The van der Waals surface area contributed by atoms with E-state index in [1.807, 2.05) is 0 Å². The molecule has 0 aromatic carbocycles. The van der Waals surface area contributed by atoms with Crippen molar-refractivity contribution in [3.63, 3.8) is 0 Å². The lowest BCUT2D eigenvalue weighted by Gasteiger charge is -2.41. The zero-order chi connectivity index (χ0) is 24.4. The molecule has 2 fully saturated rings. The van der Waals surface area contributed by atoms with E-state index in [4.69, 9.17) is 4.74 Å². The van der Waals surface area contributed by atoms with Crippen molar-refractivity contribution in [2.24, 2.45) is 23.7 Å². The summed E-state index contributed by atoms with van der Waals surface area (Å²) in [5, 5.41) is 0. The SMILES string of the molecule is COCC1CCC(C2CCC(C3(F)C=CC(OC(F)(F)C(F)C(F)(F)F)=C(F)C3)CC2)CC1. The Morgan fingerprint density at radius 3 is 2.00 bits per heavy atom. The van der Waals surface area contributed by atoms with Crippen LogP contribution in [0.2, 0.25) is 0 Å². The van der Waals surface area contributed by atoms with Crippen LogP contribution in [0.15, 0.2) is 23.7 Å². The van der Waals surface area contributed by atoms with Gasteiger partial charge >= 0.3 is 12.3 Å². The van der Waals surface area contributed by atoms with E-state index in [-0.39, 0.29) is 0 Å². The zero-order valence-corrected chi connectivity index (χ0v) is 18.5. The lowest BCUT2D eigenvalue weighted by atomic mass is 9.66. The second-order valence-corrected chi connectivity index (χ2v) is 9.62. The van der Waals surface area contributed by atoms with E-state index in [1.165, 1.54) is 0 Å². The van der Waals surface area contributed by atoms with Gasteiger partial charge < -0.3 is 9.47 Å². The molecular formula is C23H30F8O2. The largest absolute Gasteiger partial charge is 0.439 e. The van der Waals surface area contributed by atoms with Crippen molar-refractivity contribution < 1.29 is 44.6 Å². The quantitative estimate of drug-likeness (QED) is 0.342. The molecule has 190 valence electrons. The van der Waals surface area contributed by atoms with Gasteiger partial charge in [0.25, 0.3) is 6.17 Å². The van der Waals surface area contributed by atoms with Crippen LogP contribution in [0.1, 0.15) is 57.8 Å². The molecule has 3 aliphatic carbocycles. The average Bonchev–Trinajstić information content (AvgIpc) is 2.75. The summed E-state index contributed by atoms with van der Waals surface area (Å²) < 4.78 is 115. The topological polar surface area (TPSA) is 18.5 Å². The molecule has 0 aliphatic heterocycles. The number of ether oxygens (including phenoxy) is 2. The molecule has 10 heteroatoms. The molecule has 33 heavy (non-hydrogen) atoms. The van der Waals surface area contributed by atoms with Crippen LogP contribution < -0.4 is 0 Å². The van der Waals surface area contributed by atoms with E-state index in [0.29, 0.717) is 36.7 Å². The standard InChI is InChI=1S/C23H30F8O2/c1-32-13-14-2-4-15(5-3-14)16-6-8-17(9-7-16)21(26)11-10-19(18(24)12-21)33-23(30,31)20(25)22(27,28)29/h10-11,14-17,20H,2-9,12-13H2,1H3. The lowest BCUT2D eigenvalue weighted by molar-refractivity contribution is -0.322. The predicted molar refractivity (Wildman–Crippen MR) is 105 cm³/mol. The smallest absolute Gasteiger partial charge is 0.427 e. The predicted octanol–water partition coefficient (Wildman–Crippen LogP) is 7.60. The Morgan fingerprint density at radius 2 is 1.52 bits per heavy atom. The van der Waals surface area contributed by atoms with Gasteiger partial charge in [0.05, 0.1) is 0 Å². The van der Waals surface area contributed by atoms with Crippen molar-refractivity contribution in [3.05, 3.63) is 23.7 Å². The summed E-state index contributed by atoms with van der Waals surface area (Å²) in [5.74, 6) is -1.66. The van der Waals surface area contributed by atoms with Gasteiger partial charge in [-0.1, -0.05) is 0 Å². The van der Waals surface area contributed by atoms with Crippen LogP contribution in [0.5, 0.6) is 0 Å². The second-order valence-electron chi connectivity index (χ2n) is 9.62. The van der Waals surface area contributed by atoms with Crippen LogP contribution in [0, 0.1) is 23.7 Å². The van der Waals surface area contributed by atoms with E-state index >= 15 is 4.39 Å². The molecule has 3 rings (SSSR count). The van der Waals surface area contributed by atoms with E-state index in [2.05, 4.69) is 4.74 Å². The minimum absolute atomic E-state index is 0.461. The Hall–Kier alpha value is -1.32. The molecule has 0 spiro atoms. The van der Waals surface area contributed by atoms with Gasteiger partial charge in [0, 0.05) is 20.1 Å². The molecule has 0 heterocycles. The molecule has 0 amide bonds. The fourth-order valence-electron chi connectivity index (χ4n) is 5.58. The van der Waals surface area contributed by atoms with Crippen LogP contribution in [-0.4, -0.2) is 37.8 Å². The molecule has 2 atom stereocenters. The molecule has 0 aromatic heterocycles. The summed E-state index contributed by atoms with van der Waals surface area (Å²) in [5.41, 5.74) is -2.15. The monoisotopic (exact) mass is 490 g/mol. The van der Waals surface area contributed by atoms with Crippen molar-refractivity contribution in [1.29, 1.82) is 0 Å². The molecule has 2 unspecified atom stereocenters. The Balaban J connectivity index is 1.54. The minimum Gasteiger partial charge on any atom is -0.427 e. The molecule has 0 radical (unpaired) electrons. The highest BCUT2D eigenvalue weighted by atomic mass is 19.4. The number of alkyl halides is 7. The summed E-state index contributed by atoms with van der Waals surface area (Å²) >= 11 is 0. The van der Waals surface area contributed by atoms with E-state index in [0.717, 1.165) is 51.2 Å². The minimum atomic E-state index is -5.88. The van der Waals surface area contributed by atoms with Gasteiger partial charge in [-0.3, -0.25) is 0 Å². The third-order valence-electron chi connectivity index (χ3n) is 7.44. The first-order valence-electron chi connectivity index (χ1n) is 11.4.